The van der Waals surface area contributed by atoms with Crippen molar-refractivity contribution in [2.24, 2.45) is 0 Å². The van der Waals surface area contributed by atoms with Gasteiger partial charge in [-0.15, -0.1) is 0 Å². The summed E-state index contributed by atoms with van der Waals surface area (Å²) in [5.41, 5.74) is -0.111. The van der Waals surface area contributed by atoms with Crippen LogP contribution < -0.4 is 0 Å². The van der Waals surface area contributed by atoms with Crippen LogP contribution >= 0.6 is 0 Å². The molecule has 0 aliphatic carbocycles. The van der Waals surface area contributed by atoms with Crippen LogP contribution in [0.25, 0.3) is 0 Å². The fourth-order valence-corrected chi connectivity index (χ4v) is 0.601. The molecule has 0 amide bonds. The van der Waals surface area contributed by atoms with Crippen molar-refractivity contribution < 1.29 is 20.1 Å². The Morgan fingerprint density at radius 1 is 1.45 bits per heavy atom. The predicted octanol–water partition coefficient (Wildman–Crippen LogP) is 0.596. The van der Waals surface area contributed by atoms with Gasteiger partial charge < -0.3 is 15.3 Å². The summed E-state index contributed by atoms with van der Waals surface area (Å²) < 4.78 is 0. The quantitative estimate of drug-likeness (QED) is 0.516. The molecule has 0 heterocycles. The standard InChI is InChI=1S/C7H5O4/c8-5-2-1-4(7(10)11)3-6(5)9/h1,3,8-9H,(H,10,11). The van der Waals surface area contributed by atoms with Crippen LogP contribution in [0.4, 0.5) is 0 Å². The SMILES string of the molecule is O=C(O)c1c[c]c(O)c(O)c1. The highest BCUT2D eigenvalue weighted by Gasteiger charge is 2.05. The van der Waals surface area contributed by atoms with E-state index in [1.54, 1.807) is 0 Å². The fourth-order valence-electron chi connectivity index (χ4n) is 0.601. The van der Waals surface area contributed by atoms with Crippen LogP contribution in [-0.4, -0.2) is 21.3 Å². The highest BCUT2D eigenvalue weighted by molar-refractivity contribution is 5.88. The summed E-state index contributed by atoms with van der Waals surface area (Å²) in [5, 5.41) is 25.9. The minimum absolute atomic E-state index is 0.111. The Kier molecular flexibility index (Phi) is 1.68. The van der Waals surface area contributed by atoms with E-state index in [4.69, 9.17) is 15.3 Å². The van der Waals surface area contributed by atoms with Crippen molar-refractivity contribution in [2.75, 3.05) is 0 Å². The van der Waals surface area contributed by atoms with E-state index in [9.17, 15) is 4.79 Å². The van der Waals surface area contributed by atoms with Gasteiger partial charge in [-0.05, 0) is 12.1 Å². The van der Waals surface area contributed by atoms with E-state index in [1.807, 2.05) is 0 Å². The summed E-state index contributed by atoms with van der Waals surface area (Å²) in [6, 6.07) is 4.21. The van der Waals surface area contributed by atoms with Gasteiger partial charge in [-0.3, -0.25) is 0 Å². The number of carboxylic acids is 1. The van der Waals surface area contributed by atoms with Crippen molar-refractivity contribution in [3.63, 3.8) is 0 Å². The van der Waals surface area contributed by atoms with E-state index in [0.29, 0.717) is 0 Å². The van der Waals surface area contributed by atoms with E-state index in [-0.39, 0.29) is 5.56 Å². The van der Waals surface area contributed by atoms with E-state index < -0.39 is 17.5 Å². The summed E-state index contributed by atoms with van der Waals surface area (Å²) in [7, 11) is 0. The number of aromatic carboxylic acids is 1. The van der Waals surface area contributed by atoms with Gasteiger partial charge in [0.2, 0.25) is 0 Å². The van der Waals surface area contributed by atoms with Gasteiger partial charge in [0.25, 0.3) is 0 Å². The molecular weight excluding hydrogens is 148 g/mol. The molecule has 1 radical (unpaired) electrons. The van der Waals surface area contributed by atoms with Crippen LogP contribution in [-0.2, 0) is 0 Å². The van der Waals surface area contributed by atoms with Crippen molar-refractivity contribution in [3.05, 3.63) is 23.8 Å². The third-order valence-corrected chi connectivity index (χ3v) is 1.15. The molecule has 0 saturated carbocycles. The fraction of sp³-hybridized carbons (Fsp3) is 0. The first-order valence-electron chi connectivity index (χ1n) is 2.78. The lowest BCUT2D eigenvalue weighted by Crippen LogP contribution is -1.94. The maximum atomic E-state index is 10.3. The van der Waals surface area contributed by atoms with Crippen molar-refractivity contribution >= 4 is 5.97 Å². The van der Waals surface area contributed by atoms with Gasteiger partial charge in [0.15, 0.2) is 11.5 Å². The molecule has 3 N–H and O–H groups in total. The first-order valence-corrected chi connectivity index (χ1v) is 2.78. The molecule has 4 nitrogen and oxygen atoms in total. The predicted molar refractivity (Wildman–Crippen MR) is 35.6 cm³/mol. The van der Waals surface area contributed by atoms with Gasteiger partial charge in [0, 0.05) is 6.07 Å². The molecule has 4 heteroatoms. The van der Waals surface area contributed by atoms with Crippen molar-refractivity contribution in [1.82, 2.24) is 0 Å². The molecule has 11 heavy (non-hydrogen) atoms. The van der Waals surface area contributed by atoms with Crippen LogP contribution in [0.15, 0.2) is 12.1 Å². The van der Waals surface area contributed by atoms with E-state index in [2.05, 4.69) is 6.07 Å². The Morgan fingerprint density at radius 3 is 2.55 bits per heavy atom. The average molecular weight is 153 g/mol. The zero-order chi connectivity index (χ0) is 8.43. The van der Waals surface area contributed by atoms with Crippen molar-refractivity contribution in [2.45, 2.75) is 0 Å². The van der Waals surface area contributed by atoms with Gasteiger partial charge in [0.1, 0.15) is 0 Å². The summed E-state index contributed by atoms with van der Waals surface area (Å²) >= 11 is 0. The Morgan fingerprint density at radius 2 is 2.09 bits per heavy atom. The maximum Gasteiger partial charge on any atom is 0.335 e. The molecular formula is C7H5O4. The second-order valence-corrected chi connectivity index (χ2v) is 1.93. The Hall–Kier alpha value is -1.71. The zero-order valence-corrected chi connectivity index (χ0v) is 5.40. The molecule has 0 bridgehead atoms. The molecule has 1 rings (SSSR count). The minimum atomic E-state index is -1.17. The van der Waals surface area contributed by atoms with E-state index in [0.717, 1.165) is 12.1 Å². The topological polar surface area (TPSA) is 77.8 Å². The number of hydrogen-bond acceptors (Lipinski definition) is 3. The van der Waals surface area contributed by atoms with Crippen LogP contribution in [0, 0.1) is 6.07 Å². The van der Waals surface area contributed by atoms with Crippen LogP contribution in [0.1, 0.15) is 10.4 Å². The van der Waals surface area contributed by atoms with E-state index >= 15 is 0 Å². The molecule has 0 atom stereocenters. The molecule has 0 aromatic heterocycles. The second-order valence-electron chi connectivity index (χ2n) is 1.93. The number of phenolic OH excluding ortho intramolecular Hbond substituents is 2. The molecule has 0 spiro atoms. The highest BCUT2D eigenvalue weighted by atomic mass is 16.4. The van der Waals surface area contributed by atoms with Gasteiger partial charge in [0.05, 0.1) is 5.56 Å². The van der Waals surface area contributed by atoms with Gasteiger partial charge in [-0.2, -0.15) is 0 Å². The van der Waals surface area contributed by atoms with Crippen molar-refractivity contribution in [3.8, 4) is 11.5 Å². The Labute approximate surface area is 62.3 Å². The number of aromatic hydroxyl groups is 2. The minimum Gasteiger partial charge on any atom is -0.504 e. The number of hydrogen-bond donors (Lipinski definition) is 3. The average Bonchev–Trinajstić information content (AvgIpc) is 1.94. The third-order valence-electron chi connectivity index (χ3n) is 1.15. The molecule has 57 valence electrons. The first-order chi connectivity index (χ1) is 5.11. The van der Waals surface area contributed by atoms with Crippen LogP contribution in [0.2, 0.25) is 0 Å². The normalized spacial score (nSPS) is 9.45. The van der Waals surface area contributed by atoms with Gasteiger partial charge in [-0.25, -0.2) is 4.79 Å². The Bertz CT molecular complexity index is 292. The highest BCUT2D eigenvalue weighted by Crippen LogP contribution is 2.23. The number of carbonyl (C=O) groups is 1. The van der Waals surface area contributed by atoms with Gasteiger partial charge in [-0.1, -0.05) is 0 Å². The number of rotatable bonds is 1. The third kappa shape index (κ3) is 1.40. The molecule has 0 fully saturated rings. The molecule has 1 aromatic carbocycles. The lowest BCUT2D eigenvalue weighted by Gasteiger charge is -1.96. The summed E-state index contributed by atoms with van der Waals surface area (Å²) in [6.45, 7) is 0. The maximum absolute atomic E-state index is 10.3. The zero-order valence-electron chi connectivity index (χ0n) is 5.40. The molecule has 1 aromatic rings. The monoisotopic (exact) mass is 153 g/mol. The largest absolute Gasteiger partial charge is 0.504 e. The van der Waals surface area contributed by atoms with Crippen LogP contribution in [0.5, 0.6) is 11.5 Å². The van der Waals surface area contributed by atoms with E-state index in [1.165, 1.54) is 0 Å². The second kappa shape index (κ2) is 2.49. The molecule has 0 aliphatic heterocycles. The Balaban J connectivity index is 3.15. The first kappa shape index (κ1) is 7.40. The molecule has 0 saturated heterocycles. The number of phenols is 2. The van der Waals surface area contributed by atoms with Crippen molar-refractivity contribution in [1.29, 1.82) is 0 Å². The molecule has 0 unspecified atom stereocenters. The number of benzene rings is 1. The van der Waals surface area contributed by atoms with Crippen LogP contribution in [0.3, 0.4) is 0 Å². The lowest BCUT2D eigenvalue weighted by atomic mass is 10.2. The lowest BCUT2D eigenvalue weighted by molar-refractivity contribution is 0.0696. The van der Waals surface area contributed by atoms with Gasteiger partial charge >= 0.3 is 5.97 Å². The summed E-state index contributed by atoms with van der Waals surface area (Å²) in [4.78, 5) is 10.3. The number of carboxylic acid groups (broad SMARTS) is 1. The summed E-state index contributed by atoms with van der Waals surface area (Å²) in [5.74, 6) is -2.10. The molecule has 0 aliphatic rings. The smallest absolute Gasteiger partial charge is 0.335 e. The summed E-state index contributed by atoms with van der Waals surface area (Å²) in [6.07, 6.45) is 0.